The fourth-order valence-corrected chi connectivity index (χ4v) is 5.93. The highest BCUT2D eigenvalue weighted by molar-refractivity contribution is 6.74. The molecule has 0 spiro atoms. The summed E-state index contributed by atoms with van der Waals surface area (Å²) in [4.78, 5) is 24.6. The van der Waals surface area contributed by atoms with Gasteiger partial charge in [-0.3, -0.25) is 4.79 Å². The summed E-state index contributed by atoms with van der Waals surface area (Å²) < 4.78 is 13.0. The van der Waals surface area contributed by atoms with Gasteiger partial charge in [-0.2, -0.15) is 0 Å². The predicted octanol–water partition coefficient (Wildman–Crippen LogP) is 5.13. The summed E-state index contributed by atoms with van der Waals surface area (Å²) >= 11 is 0. The van der Waals surface area contributed by atoms with Crippen molar-refractivity contribution < 1.29 is 18.4 Å². The average Bonchev–Trinajstić information content (AvgIpc) is 2.53. The smallest absolute Gasteiger partial charge is 0.225 e. The lowest BCUT2D eigenvalue weighted by molar-refractivity contribution is -0.136. The lowest BCUT2D eigenvalue weighted by Crippen LogP contribution is -2.60. The molecule has 0 radical (unpaired) electrons. The van der Waals surface area contributed by atoms with Gasteiger partial charge < -0.3 is 19.0 Å². The number of hydrogen-bond donors (Lipinski definition) is 1. The van der Waals surface area contributed by atoms with Crippen LogP contribution in [-0.2, 0) is 18.4 Å². The Kier molecular flexibility index (Phi) is 8.17. The first-order valence-electron chi connectivity index (χ1n) is 11.0. The average molecular weight is 444 g/mol. The van der Waals surface area contributed by atoms with Crippen LogP contribution in [0.3, 0.4) is 0 Å². The molecule has 1 aliphatic rings. The molecule has 0 aliphatic carbocycles. The number of aldehydes is 1. The molecule has 0 aromatic carbocycles. The molecule has 29 heavy (non-hydrogen) atoms. The molecule has 5 nitrogen and oxygen atoms in total. The van der Waals surface area contributed by atoms with E-state index in [2.05, 4.69) is 80.0 Å². The van der Waals surface area contributed by atoms with E-state index >= 15 is 0 Å². The van der Waals surface area contributed by atoms with Crippen LogP contribution in [0.2, 0.25) is 36.3 Å². The van der Waals surface area contributed by atoms with Gasteiger partial charge in [-0.15, -0.1) is 0 Å². The molecule has 1 rings (SSSR count). The molecule has 5 atom stereocenters. The fraction of sp³-hybridized carbons (Fsp3) is 0.909. The van der Waals surface area contributed by atoms with E-state index in [4.69, 9.17) is 8.85 Å². The number of carbonyl (C=O) groups excluding carboxylic acids is 2. The van der Waals surface area contributed by atoms with Crippen LogP contribution in [0.5, 0.6) is 0 Å². The molecule has 0 bridgehead atoms. The molecule has 1 N–H and O–H groups in total. The molecule has 1 aliphatic heterocycles. The van der Waals surface area contributed by atoms with Gasteiger partial charge in [0.25, 0.3) is 0 Å². The quantitative estimate of drug-likeness (QED) is 0.438. The van der Waals surface area contributed by atoms with E-state index in [0.29, 0.717) is 6.42 Å². The van der Waals surface area contributed by atoms with Gasteiger partial charge in [0.15, 0.2) is 16.6 Å². The minimum atomic E-state index is -2.07. The van der Waals surface area contributed by atoms with Gasteiger partial charge in [0, 0.05) is 12.0 Å². The van der Waals surface area contributed by atoms with Crippen LogP contribution in [0.1, 0.15) is 61.8 Å². The van der Waals surface area contributed by atoms with Gasteiger partial charge in [0.2, 0.25) is 5.91 Å². The Balaban J connectivity index is 3.02. The SMILES string of the molecule is C[C@@H]1[C@H](O[Si](C)(C)C(C)(C)C)[C@@H](C)C(=O)N[C@H]1C[C@@H](C=O)O[Si](C)(C)C(C)(C)C. The van der Waals surface area contributed by atoms with E-state index in [0.717, 1.165) is 6.29 Å². The van der Waals surface area contributed by atoms with Crippen molar-refractivity contribution in [3.05, 3.63) is 0 Å². The zero-order valence-electron chi connectivity index (χ0n) is 20.8. The first kappa shape index (κ1) is 26.5. The first-order chi connectivity index (χ1) is 12.8. The van der Waals surface area contributed by atoms with Crippen molar-refractivity contribution in [3.63, 3.8) is 0 Å². The van der Waals surface area contributed by atoms with Crippen LogP contribution >= 0.6 is 0 Å². The first-order valence-corrected chi connectivity index (χ1v) is 16.8. The van der Waals surface area contributed by atoms with Gasteiger partial charge in [-0.25, -0.2) is 0 Å². The van der Waals surface area contributed by atoms with Crippen molar-refractivity contribution in [2.45, 2.75) is 116 Å². The minimum Gasteiger partial charge on any atom is -0.413 e. The molecule has 0 aromatic rings. The van der Waals surface area contributed by atoms with Crippen molar-refractivity contribution in [2.75, 3.05) is 0 Å². The summed E-state index contributed by atoms with van der Waals surface area (Å²) in [5.74, 6) is -0.0811. The number of nitrogens with one attached hydrogen (secondary N) is 1. The highest BCUT2D eigenvalue weighted by Gasteiger charge is 2.47. The number of piperidine rings is 1. The standard InChI is InChI=1S/C22H45NO4Si2/c1-15-18(13-17(14-24)26-28(9,10)21(3,4)5)23-20(25)16(2)19(15)27-29(11,12)22(6,7)8/h14-19H,13H2,1-12H3,(H,23,25)/t15-,16+,17-,18-,19-/m0/s1. The summed E-state index contributed by atoms with van der Waals surface area (Å²) in [5, 5.41) is 3.23. The van der Waals surface area contributed by atoms with Crippen LogP contribution in [0.15, 0.2) is 0 Å². The van der Waals surface area contributed by atoms with E-state index in [1.807, 2.05) is 6.92 Å². The van der Waals surface area contributed by atoms with E-state index in [9.17, 15) is 9.59 Å². The Morgan fingerprint density at radius 1 is 1.00 bits per heavy atom. The summed E-state index contributed by atoms with van der Waals surface area (Å²) in [6, 6.07) is -0.131. The van der Waals surface area contributed by atoms with Crippen LogP contribution in [0.25, 0.3) is 0 Å². The maximum atomic E-state index is 12.7. The van der Waals surface area contributed by atoms with Crippen molar-refractivity contribution in [2.24, 2.45) is 11.8 Å². The molecule has 1 amide bonds. The predicted molar refractivity (Wildman–Crippen MR) is 125 cm³/mol. The van der Waals surface area contributed by atoms with Gasteiger partial charge in [-0.1, -0.05) is 55.4 Å². The second kappa shape index (κ2) is 8.93. The molecule has 170 valence electrons. The fourth-order valence-electron chi connectivity index (χ4n) is 3.22. The third kappa shape index (κ3) is 6.24. The molecule has 1 heterocycles. The number of hydrogen-bond acceptors (Lipinski definition) is 4. The van der Waals surface area contributed by atoms with Crippen LogP contribution in [0.4, 0.5) is 0 Å². The molecular formula is C22H45NO4Si2. The van der Waals surface area contributed by atoms with Crippen LogP contribution in [-0.4, -0.2) is 47.1 Å². The second-order valence-corrected chi connectivity index (χ2v) is 21.4. The summed E-state index contributed by atoms with van der Waals surface area (Å²) in [6.07, 6.45) is 0.745. The Hall–Kier alpha value is -0.506. The summed E-state index contributed by atoms with van der Waals surface area (Å²) in [6.45, 7) is 26.0. The highest BCUT2D eigenvalue weighted by atomic mass is 28.4. The van der Waals surface area contributed by atoms with Gasteiger partial charge in [0.1, 0.15) is 12.4 Å². The van der Waals surface area contributed by atoms with Gasteiger partial charge >= 0.3 is 0 Å². The van der Waals surface area contributed by atoms with E-state index in [1.165, 1.54) is 0 Å². The number of amides is 1. The maximum absolute atomic E-state index is 12.7. The number of carbonyl (C=O) groups is 2. The normalized spacial score (nSPS) is 28.1. The topological polar surface area (TPSA) is 64.6 Å². The Morgan fingerprint density at radius 2 is 1.48 bits per heavy atom. The molecular weight excluding hydrogens is 398 g/mol. The number of rotatable bonds is 7. The largest absolute Gasteiger partial charge is 0.413 e. The van der Waals surface area contributed by atoms with E-state index in [-0.39, 0.29) is 40.0 Å². The van der Waals surface area contributed by atoms with Crippen molar-refractivity contribution in [1.82, 2.24) is 5.32 Å². The zero-order chi connectivity index (χ0) is 23.0. The molecule has 1 saturated heterocycles. The molecule has 0 unspecified atom stereocenters. The van der Waals surface area contributed by atoms with Crippen LogP contribution in [0, 0.1) is 11.8 Å². The Bertz CT molecular complexity index is 593. The van der Waals surface area contributed by atoms with Crippen molar-refractivity contribution in [3.8, 4) is 0 Å². The lowest BCUT2D eigenvalue weighted by atomic mass is 9.81. The Labute approximate surface area is 181 Å². The maximum Gasteiger partial charge on any atom is 0.225 e. The van der Waals surface area contributed by atoms with Crippen LogP contribution < -0.4 is 5.32 Å². The van der Waals surface area contributed by atoms with E-state index < -0.39 is 22.7 Å². The van der Waals surface area contributed by atoms with Crippen molar-refractivity contribution in [1.29, 1.82) is 0 Å². The van der Waals surface area contributed by atoms with Crippen molar-refractivity contribution >= 4 is 28.8 Å². The summed E-state index contributed by atoms with van der Waals surface area (Å²) in [7, 11) is -4.09. The molecule has 1 fully saturated rings. The zero-order valence-corrected chi connectivity index (χ0v) is 22.8. The molecule has 0 saturated carbocycles. The molecule has 0 aromatic heterocycles. The third-order valence-corrected chi connectivity index (χ3v) is 16.5. The van der Waals surface area contributed by atoms with Gasteiger partial charge in [-0.05, 0) is 42.7 Å². The second-order valence-electron chi connectivity index (χ2n) is 11.9. The highest BCUT2D eigenvalue weighted by Crippen LogP contribution is 2.41. The minimum absolute atomic E-state index is 0.00813. The molecule has 7 heteroatoms. The lowest BCUT2D eigenvalue weighted by Gasteiger charge is -2.47. The monoisotopic (exact) mass is 443 g/mol. The summed E-state index contributed by atoms with van der Waals surface area (Å²) in [5.41, 5.74) is 0. The van der Waals surface area contributed by atoms with Gasteiger partial charge in [0.05, 0.1) is 12.0 Å². The third-order valence-electron chi connectivity index (χ3n) is 7.51. The van der Waals surface area contributed by atoms with E-state index in [1.54, 1.807) is 0 Å². The Morgan fingerprint density at radius 3 is 1.90 bits per heavy atom.